The van der Waals surface area contributed by atoms with Crippen molar-refractivity contribution in [1.29, 1.82) is 0 Å². The normalized spacial score (nSPS) is 10.5. The third kappa shape index (κ3) is 2.73. The highest BCUT2D eigenvalue weighted by molar-refractivity contribution is 9.10. The molecule has 1 aromatic carbocycles. The first-order valence-electron chi connectivity index (χ1n) is 4.73. The summed E-state index contributed by atoms with van der Waals surface area (Å²) in [7, 11) is 0. The molecular formula is C11H7BrClFN2O. The SMILES string of the molecule is O=c1c(Br)c(Cl)ncn1Cc1ccc(F)cc1. The van der Waals surface area contributed by atoms with Crippen molar-refractivity contribution in [3.8, 4) is 0 Å². The Morgan fingerprint density at radius 1 is 1.35 bits per heavy atom. The summed E-state index contributed by atoms with van der Waals surface area (Å²) in [6, 6.07) is 5.92. The number of nitrogens with zero attached hydrogens (tertiary/aromatic N) is 2. The van der Waals surface area contributed by atoms with Gasteiger partial charge in [0.25, 0.3) is 5.56 Å². The lowest BCUT2D eigenvalue weighted by Gasteiger charge is -2.06. The van der Waals surface area contributed by atoms with Gasteiger partial charge in [0.2, 0.25) is 0 Å². The van der Waals surface area contributed by atoms with Crippen LogP contribution in [0.2, 0.25) is 5.15 Å². The Hall–Kier alpha value is -1.20. The van der Waals surface area contributed by atoms with Crippen LogP contribution in [0.5, 0.6) is 0 Å². The van der Waals surface area contributed by atoms with Gasteiger partial charge in [0.15, 0.2) is 5.15 Å². The molecule has 0 aliphatic rings. The molecule has 0 unspecified atom stereocenters. The molecule has 0 amide bonds. The molecule has 0 fully saturated rings. The van der Waals surface area contributed by atoms with Crippen molar-refractivity contribution in [3.05, 3.63) is 62.0 Å². The standard InChI is InChI=1S/C11H7BrClFN2O/c12-9-10(13)15-6-16(11(9)17)5-7-1-3-8(14)4-2-7/h1-4,6H,5H2. The Balaban J connectivity index is 2.34. The van der Waals surface area contributed by atoms with Crippen LogP contribution in [-0.4, -0.2) is 9.55 Å². The second-order valence-corrected chi connectivity index (χ2v) is 4.56. The fourth-order valence-electron chi connectivity index (χ4n) is 1.34. The summed E-state index contributed by atoms with van der Waals surface area (Å²) >= 11 is 8.76. The van der Waals surface area contributed by atoms with E-state index in [2.05, 4.69) is 20.9 Å². The first-order chi connectivity index (χ1) is 8.08. The van der Waals surface area contributed by atoms with Gasteiger partial charge in [-0.15, -0.1) is 0 Å². The Bertz CT molecular complexity index is 597. The van der Waals surface area contributed by atoms with E-state index in [1.807, 2.05) is 0 Å². The van der Waals surface area contributed by atoms with Crippen molar-refractivity contribution in [2.45, 2.75) is 6.54 Å². The number of benzene rings is 1. The van der Waals surface area contributed by atoms with E-state index in [-0.39, 0.29) is 21.0 Å². The van der Waals surface area contributed by atoms with Crippen LogP contribution in [-0.2, 0) is 6.54 Å². The second-order valence-electron chi connectivity index (χ2n) is 3.41. The lowest BCUT2D eigenvalue weighted by Crippen LogP contribution is -2.21. The summed E-state index contributed by atoms with van der Waals surface area (Å²) in [5.41, 5.74) is 0.541. The number of halogens is 3. The van der Waals surface area contributed by atoms with E-state index in [4.69, 9.17) is 11.6 Å². The summed E-state index contributed by atoms with van der Waals surface area (Å²) in [4.78, 5) is 15.6. The zero-order valence-electron chi connectivity index (χ0n) is 8.53. The second kappa shape index (κ2) is 4.98. The van der Waals surface area contributed by atoms with Gasteiger partial charge in [0.1, 0.15) is 10.3 Å². The minimum absolute atomic E-state index is 0.130. The first-order valence-corrected chi connectivity index (χ1v) is 5.90. The number of hydrogen-bond acceptors (Lipinski definition) is 2. The molecule has 0 saturated heterocycles. The maximum Gasteiger partial charge on any atom is 0.269 e. The van der Waals surface area contributed by atoms with Crippen LogP contribution in [0, 0.1) is 5.82 Å². The van der Waals surface area contributed by atoms with Crippen LogP contribution in [0.1, 0.15) is 5.56 Å². The largest absolute Gasteiger partial charge is 0.294 e. The predicted molar refractivity (Wildman–Crippen MR) is 66.7 cm³/mol. The van der Waals surface area contributed by atoms with Gasteiger partial charge < -0.3 is 0 Å². The molecule has 6 heteroatoms. The molecule has 0 saturated carbocycles. The first kappa shape index (κ1) is 12.3. The third-order valence-electron chi connectivity index (χ3n) is 2.21. The van der Waals surface area contributed by atoms with Gasteiger partial charge in [0.05, 0.1) is 12.9 Å². The van der Waals surface area contributed by atoms with E-state index in [1.165, 1.54) is 23.0 Å². The van der Waals surface area contributed by atoms with Crippen molar-refractivity contribution >= 4 is 27.5 Å². The van der Waals surface area contributed by atoms with Gasteiger partial charge in [-0.25, -0.2) is 9.37 Å². The highest BCUT2D eigenvalue weighted by Crippen LogP contribution is 2.14. The Morgan fingerprint density at radius 3 is 2.65 bits per heavy atom. The fraction of sp³-hybridized carbons (Fsp3) is 0.0909. The van der Waals surface area contributed by atoms with Crippen LogP contribution in [0.25, 0.3) is 0 Å². The topological polar surface area (TPSA) is 34.9 Å². The molecule has 1 aromatic heterocycles. The lowest BCUT2D eigenvalue weighted by atomic mass is 10.2. The van der Waals surface area contributed by atoms with Gasteiger partial charge in [-0.2, -0.15) is 0 Å². The van der Waals surface area contributed by atoms with Crippen LogP contribution in [0.4, 0.5) is 4.39 Å². The van der Waals surface area contributed by atoms with Gasteiger partial charge in [-0.1, -0.05) is 23.7 Å². The van der Waals surface area contributed by atoms with E-state index in [0.29, 0.717) is 6.54 Å². The summed E-state index contributed by atoms with van der Waals surface area (Å²) < 4.78 is 14.3. The summed E-state index contributed by atoms with van der Waals surface area (Å²) in [6.07, 6.45) is 1.36. The number of hydrogen-bond donors (Lipinski definition) is 0. The monoisotopic (exact) mass is 316 g/mol. The Morgan fingerprint density at radius 2 is 2.00 bits per heavy atom. The smallest absolute Gasteiger partial charge is 0.269 e. The van der Waals surface area contributed by atoms with Crippen LogP contribution >= 0.6 is 27.5 Å². The lowest BCUT2D eigenvalue weighted by molar-refractivity contribution is 0.625. The number of rotatable bonds is 2. The molecule has 3 nitrogen and oxygen atoms in total. The van der Waals surface area contributed by atoms with Crippen LogP contribution < -0.4 is 5.56 Å². The summed E-state index contributed by atoms with van der Waals surface area (Å²) in [6.45, 7) is 0.321. The van der Waals surface area contributed by atoms with Gasteiger partial charge in [-0.3, -0.25) is 9.36 Å². The molecular weight excluding hydrogens is 310 g/mol. The van der Waals surface area contributed by atoms with Crippen molar-refractivity contribution in [3.63, 3.8) is 0 Å². The molecule has 0 spiro atoms. The molecule has 2 rings (SSSR count). The van der Waals surface area contributed by atoms with E-state index in [1.54, 1.807) is 12.1 Å². The van der Waals surface area contributed by atoms with E-state index in [0.717, 1.165) is 5.56 Å². The summed E-state index contributed by atoms with van der Waals surface area (Å²) in [5.74, 6) is -0.309. The quantitative estimate of drug-likeness (QED) is 0.798. The Labute approximate surface area is 110 Å². The molecule has 0 atom stereocenters. The van der Waals surface area contributed by atoms with Crippen LogP contribution in [0.3, 0.4) is 0 Å². The molecule has 0 aliphatic heterocycles. The average molecular weight is 318 g/mol. The minimum atomic E-state index is -0.309. The average Bonchev–Trinajstić information content (AvgIpc) is 2.33. The van der Waals surface area contributed by atoms with E-state index in [9.17, 15) is 9.18 Å². The van der Waals surface area contributed by atoms with E-state index < -0.39 is 0 Å². The highest BCUT2D eigenvalue weighted by atomic mass is 79.9. The van der Waals surface area contributed by atoms with Crippen molar-refractivity contribution < 1.29 is 4.39 Å². The number of aromatic nitrogens is 2. The van der Waals surface area contributed by atoms with Gasteiger partial charge in [0, 0.05) is 0 Å². The van der Waals surface area contributed by atoms with Crippen molar-refractivity contribution in [2.24, 2.45) is 0 Å². The fourth-order valence-corrected chi connectivity index (χ4v) is 1.80. The van der Waals surface area contributed by atoms with Crippen molar-refractivity contribution in [2.75, 3.05) is 0 Å². The molecule has 0 aliphatic carbocycles. The zero-order chi connectivity index (χ0) is 12.4. The van der Waals surface area contributed by atoms with Crippen LogP contribution in [0.15, 0.2) is 39.9 Å². The Kier molecular flexibility index (Phi) is 3.59. The third-order valence-corrected chi connectivity index (χ3v) is 3.44. The van der Waals surface area contributed by atoms with Gasteiger partial charge >= 0.3 is 0 Å². The molecule has 17 heavy (non-hydrogen) atoms. The van der Waals surface area contributed by atoms with Gasteiger partial charge in [-0.05, 0) is 33.6 Å². The molecule has 0 N–H and O–H groups in total. The zero-order valence-corrected chi connectivity index (χ0v) is 10.9. The van der Waals surface area contributed by atoms with Crippen molar-refractivity contribution in [1.82, 2.24) is 9.55 Å². The maximum atomic E-state index is 12.7. The molecule has 0 radical (unpaired) electrons. The highest BCUT2D eigenvalue weighted by Gasteiger charge is 2.07. The predicted octanol–water partition coefficient (Wildman–Crippen LogP) is 2.85. The summed E-state index contributed by atoms with van der Waals surface area (Å²) in [5, 5.41) is 0.130. The minimum Gasteiger partial charge on any atom is -0.294 e. The molecule has 0 bridgehead atoms. The van der Waals surface area contributed by atoms with E-state index >= 15 is 0 Å². The molecule has 1 heterocycles. The molecule has 2 aromatic rings. The molecule has 88 valence electrons. The maximum absolute atomic E-state index is 12.7.